The first-order valence-electron chi connectivity index (χ1n) is 17.8. The lowest BCUT2D eigenvalue weighted by Gasteiger charge is -2.08. The van der Waals surface area contributed by atoms with Crippen LogP contribution in [0.5, 0.6) is 23.0 Å². The van der Waals surface area contributed by atoms with Crippen LogP contribution in [0.3, 0.4) is 0 Å². The number of hydrogen-bond donors (Lipinski definition) is 2. The summed E-state index contributed by atoms with van der Waals surface area (Å²) in [7, 11) is 5.03. The molecule has 8 rings (SSSR count). The second-order valence-corrected chi connectivity index (χ2v) is 13.7. The summed E-state index contributed by atoms with van der Waals surface area (Å²) < 4.78 is 23.1. The summed E-state index contributed by atoms with van der Waals surface area (Å²) in [6.07, 6.45) is 10.2. The lowest BCUT2D eigenvalue weighted by atomic mass is 10.0. The zero-order valence-electron chi connectivity index (χ0n) is 30.3. The Kier molecular flexibility index (Phi) is 10.0. The third-order valence-electron chi connectivity index (χ3n) is 9.62. The topological polar surface area (TPSA) is 94.3 Å². The fourth-order valence-corrected chi connectivity index (χ4v) is 7.28. The lowest BCUT2D eigenvalue weighted by Crippen LogP contribution is -1.99. The SMILES string of the molecule is COc1ccc(-c2c3nc(c(-c4ccc(OC)cc4)c4ccc([nH]4)c(-c4ccc(OC)cc4)c4nc(c(OCCCCBr)c5ccc2[nH]5)C=C4)C=C3)cc1. The van der Waals surface area contributed by atoms with Gasteiger partial charge in [0, 0.05) is 38.6 Å². The summed E-state index contributed by atoms with van der Waals surface area (Å²) in [4.78, 5) is 18.1. The summed E-state index contributed by atoms with van der Waals surface area (Å²) in [6, 6.07) is 32.6. The number of aromatic nitrogens is 4. The number of halogens is 1. The molecule has 5 heterocycles. The minimum Gasteiger partial charge on any atom is -0.497 e. The zero-order valence-corrected chi connectivity index (χ0v) is 31.9. The predicted octanol–water partition coefficient (Wildman–Crippen LogP) is 11.2. The standard InChI is InChI=1S/C45H39BrN4O4/c1-51-31-12-6-28(7-13-31)42-34-18-20-36(47-34)43(29-8-14-32(52-2)15-9-29)38-22-24-40(49-38)45(54-27-5-4-26-46)41-25-23-39(50-41)44(37-21-19-35(42)48-37)30-10-16-33(53-3)17-11-30/h6-25,47,50H,4-5,26-27H2,1-3H3. The number of methoxy groups -OCH3 is 3. The van der Waals surface area contributed by atoms with E-state index in [0.717, 1.165) is 114 Å². The molecule has 8 bridgehead atoms. The van der Waals surface area contributed by atoms with E-state index >= 15 is 0 Å². The Balaban J connectivity index is 1.49. The maximum absolute atomic E-state index is 6.58. The molecule has 54 heavy (non-hydrogen) atoms. The van der Waals surface area contributed by atoms with Gasteiger partial charge in [-0.3, -0.25) is 0 Å². The maximum atomic E-state index is 6.58. The molecule has 9 heteroatoms. The molecule has 6 aromatic rings. The molecule has 0 spiro atoms. The highest BCUT2D eigenvalue weighted by atomic mass is 79.9. The molecule has 0 saturated heterocycles. The third-order valence-corrected chi connectivity index (χ3v) is 10.2. The van der Waals surface area contributed by atoms with Crippen LogP contribution in [0.2, 0.25) is 0 Å². The van der Waals surface area contributed by atoms with E-state index in [2.05, 4.69) is 105 Å². The van der Waals surface area contributed by atoms with E-state index in [9.17, 15) is 0 Å². The van der Waals surface area contributed by atoms with Crippen molar-refractivity contribution in [3.63, 3.8) is 0 Å². The van der Waals surface area contributed by atoms with Gasteiger partial charge in [0.2, 0.25) is 0 Å². The molecule has 2 aliphatic rings. The smallest absolute Gasteiger partial charge is 0.168 e. The van der Waals surface area contributed by atoms with Crippen LogP contribution < -0.4 is 18.9 Å². The summed E-state index contributed by atoms with van der Waals surface area (Å²) in [5.41, 5.74) is 12.6. The Morgan fingerprint density at radius 1 is 0.463 bits per heavy atom. The van der Waals surface area contributed by atoms with Gasteiger partial charge >= 0.3 is 0 Å². The van der Waals surface area contributed by atoms with Crippen molar-refractivity contribution in [3.05, 3.63) is 120 Å². The average molecular weight is 780 g/mol. The first-order valence-corrected chi connectivity index (χ1v) is 19.0. The minimum atomic E-state index is 0.555. The Hall–Kier alpha value is -6.06. The van der Waals surface area contributed by atoms with Crippen molar-refractivity contribution in [1.29, 1.82) is 0 Å². The molecule has 0 saturated carbocycles. The number of H-pyrrole nitrogens is 2. The summed E-state index contributed by atoms with van der Waals surface area (Å²) in [5, 5.41) is 0.919. The molecular formula is C45H39BrN4O4. The van der Waals surface area contributed by atoms with Crippen molar-refractivity contribution >= 4 is 62.3 Å². The lowest BCUT2D eigenvalue weighted by molar-refractivity contribution is 0.311. The summed E-state index contributed by atoms with van der Waals surface area (Å²) in [6.45, 7) is 0.555. The molecule has 0 atom stereocenters. The molecule has 270 valence electrons. The Labute approximate surface area is 322 Å². The molecule has 3 aromatic carbocycles. The second-order valence-electron chi connectivity index (χ2n) is 12.9. The predicted molar refractivity (Wildman–Crippen MR) is 223 cm³/mol. The highest BCUT2D eigenvalue weighted by Crippen LogP contribution is 2.38. The van der Waals surface area contributed by atoms with Crippen LogP contribution in [-0.4, -0.2) is 53.2 Å². The highest BCUT2D eigenvalue weighted by molar-refractivity contribution is 9.09. The second kappa shape index (κ2) is 15.5. The quantitative estimate of drug-likeness (QED) is 0.100. The van der Waals surface area contributed by atoms with E-state index in [4.69, 9.17) is 28.9 Å². The molecule has 0 unspecified atom stereocenters. The van der Waals surface area contributed by atoms with E-state index in [0.29, 0.717) is 12.4 Å². The van der Waals surface area contributed by atoms with Gasteiger partial charge in [0.1, 0.15) is 22.9 Å². The summed E-state index contributed by atoms with van der Waals surface area (Å²) in [5.74, 6) is 3.04. The van der Waals surface area contributed by atoms with Crippen molar-refractivity contribution in [2.45, 2.75) is 12.8 Å². The normalized spacial score (nSPS) is 11.9. The molecule has 0 radical (unpaired) electrons. The largest absolute Gasteiger partial charge is 0.497 e. The van der Waals surface area contributed by atoms with E-state index < -0.39 is 0 Å². The monoisotopic (exact) mass is 778 g/mol. The van der Waals surface area contributed by atoms with Crippen molar-refractivity contribution in [1.82, 2.24) is 19.9 Å². The first kappa shape index (κ1) is 35.0. The number of fused-ring (bicyclic) bond motifs is 8. The van der Waals surface area contributed by atoms with Gasteiger partial charge in [-0.1, -0.05) is 52.3 Å². The zero-order chi connectivity index (χ0) is 37.0. The van der Waals surface area contributed by atoms with Crippen LogP contribution in [0.4, 0.5) is 0 Å². The van der Waals surface area contributed by atoms with E-state index in [1.165, 1.54) is 0 Å². The molecule has 2 N–H and O–H groups in total. The number of alkyl halides is 1. The third kappa shape index (κ3) is 6.90. The molecule has 2 aliphatic heterocycles. The Morgan fingerprint density at radius 2 is 0.833 bits per heavy atom. The van der Waals surface area contributed by atoms with Gasteiger partial charge in [0.15, 0.2) is 5.75 Å². The Morgan fingerprint density at radius 3 is 1.24 bits per heavy atom. The minimum absolute atomic E-state index is 0.555. The molecular weight excluding hydrogens is 740 g/mol. The fourth-order valence-electron chi connectivity index (χ4n) is 6.89. The van der Waals surface area contributed by atoms with E-state index in [-0.39, 0.29) is 0 Å². The van der Waals surface area contributed by atoms with Gasteiger partial charge in [-0.05, 0) is 114 Å². The number of nitrogens with zero attached hydrogens (tertiary/aromatic N) is 2. The van der Waals surface area contributed by atoms with Crippen molar-refractivity contribution in [2.75, 3.05) is 33.3 Å². The number of rotatable bonds is 11. The molecule has 3 aromatic heterocycles. The molecule has 0 amide bonds. The van der Waals surface area contributed by atoms with Gasteiger partial charge in [0.05, 0.1) is 50.5 Å². The van der Waals surface area contributed by atoms with Crippen LogP contribution in [0.15, 0.2) is 97.1 Å². The van der Waals surface area contributed by atoms with Crippen LogP contribution in [-0.2, 0) is 0 Å². The number of unbranched alkanes of at least 4 members (excludes halogenated alkanes) is 1. The van der Waals surface area contributed by atoms with Crippen LogP contribution in [0.25, 0.3) is 79.8 Å². The van der Waals surface area contributed by atoms with Crippen molar-refractivity contribution in [3.8, 4) is 56.4 Å². The maximum Gasteiger partial charge on any atom is 0.168 e. The van der Waals surface area contributed by atoms with Crippen molar-refractivity contribution < 1.29 is 18.9 Å². The number of benzene rings is 3. The van der Waals surface area contributed by atoms with Gasteiger partial charge < -0.3 is 28.9 Å². The van der Waals surface area contributed by atoms with Gasteiger partial charge in [-0.15, -0.1) is 0 Å². The van der Waals surface area contributed by atoms with Crippen LogP contribution in [0, 0.1) is 0 Å². The summed E-state index contributed by atoms with van der Waals surface area (Å²) >= 11 is 3.56. The molecule has 0 fully saturated rings. The number of ether oxygens (including phenoxy) is 4. The van der Waals surface area contributed by atoms with Crippen LogP contribution >= 0.6 is 15.9 Å². The van der Waals surface area contributed by atoms with E-state index in [1.807, 2.05) is 42.5 Å². The molecule has 8 nitrogen and oxygen atoms in total. The van der Waals surface area contributed by atoms with Gasteiger partial charge in [-0.25, -0.2) is 9.97 Å². The Bertz CT molecular complexity index is 2490. The highest BCUT2D eigenvalue weighted by Gasteiger charge is 2.19. The van der Waals surface area contributed by atoms with Crippen molar-refractivity contribution in [2.24, 2.45) is 0 Å². The van der Waals surface area contributed by atoms with E-state index in [1.54, 1.807) is 21.3 Å². The molecule has 0 aliphatic carbocycles. The number of nitrogens with one attached hydrogen (secondary N) is 2. The number of hydrogen-bond acceptors (Lipinski definition) is 6. The van der Waals surface area contributed by atoms with Gasteiger partial charge in [-0.2, -0.15) is 0 Å². The van der Waals surface area contributed by atoms with Crippen LogP contribution in [0.1, 0.15) is 35.6 Å². The fraction of sp³-hybridized carbons (Fsp3) is 0.156. The number of aromatic amines is 2. The first-order chi connectivity index (χ1) is 26.6. The van der Waals surface area contributed by atoms with Gasteiger partial charge in [0.25, 0.3) is 0 Å². The average Bonchev–Trinajstić information content (AvgIpc) is 4.06.